The van der Waals surface area contributed by atoms with Crippen LogP contribution in [0.1, 0.15) is 0 Å². The number of anilines is 1. The van der Waals surface area contributed by atoms with Crippen molar-refractivity contribution in [3.63, 3.8) is 0 Å². The van der Waals surface area contributed by atoms with Crippen LogP contribution in [0.4, 0.5) is 5.69 Å². The summed E-state index contributed by atoms with van der Waals surface area (Å²) in [6.07, 6.45) is 1.51. The molecule has 0 atom stereocenters. The summed E-state index contributed by atoms with van der Waals surface area (Å²) < 4.78 is 13.5. The van der Waals surface area contributed by atoms with Gasteiger partial charge < -0.3 is 14.8 Å². The second-order valence-corrected chi connectivity index (χ2v) is 6.08. The lowest BCUT2D eigenvalue weighted by atomic mass is 10.2. The SMILES string of the molecule is COc1ccc(NC(=O)Cn2c(=O)c3ccccc3[n+]3[nH]ncc23)cc1OC. The van der Waals surface area contributed by atoms with Crippen LogP contribution in [0.25, 0.3) is 16.6 Å². The van der Waals surface area contributed by atoms with E-state index in [1.165, 1.54) is 25.0 Å². The summed E-state index contributed by atoms with van der Waals surface area (Å²) >= 11 is 0. The number of methoxy groups -OCH3 is 2. The van der Waals surface area contributed by atoms with Crippen molar-refractivity contribution < 1.29 is 18.8 Å². The van der Waals surface area contributed by atoms with Crippen LogP contribution in [0, 0.1) is 0 Å². The molecule has 0 bridgehead atoms. The number of nitrogens with zero attached hydrogens (tertiary/aromatic N) is 3. The van der Waals surface area contributed by atoms with Gasteiger partial charge in [0.1, 0.15) is 5.52 Å². The first-order valence-electron chi connectivity index (χ1n) is 8.51. The first-order chi connectivity index (χ1) is 13.6. The molecular weight excluding hydrogens is 362 g/mol. The smallest absolute Gasteiger partial charge is 0.318 e. The molecule has 2 aromatic heterocycles. The van der Waals surface area contributed by atoms with Gasteiger partial charge in [0.25, 0.3) is 11.6 Å². The maximum atomic E-state index is 12.9. The number of ether oxygens (including phenoxy) is 2. The molecule has 0 aliphatic heterocycles. The summed E-state index contributed by atoms with van der Waals surface area (Å²) in [4.78, 5) is 25.5. The molecule has 2 aromatic carbocycles. The number of carbonyl (C=O) groups is 1. The summed E-state index contributed by atoms with van der Waals surface area (Å²) in [5.74, 6) is 0.700. The predicted molar refractivity (Wildman–Crippen MR) is 102 cm³/mol. The number of aromatic nitrogens is 4. The van der Waals surface area contributed by atoms with Gasteiger partial charge in [-0.25, -0.2) is 4.57 Å². The maximum absolute atomic E-state index is 12.9. The molecule has 9 nitrogen and oxygen atoms in total. The number of aromatic amines is 1. The highest BCUT2D eigenvalue weighted by Gasteiger charge is 2.20. The zero-order valence-corrected chi connectivity index (χ0v) is 15.3. The molecule has 2 N–H and O–H groups in total. The van der Waals surface area contributed by atoms with Crippen molar-refractivity contribution in [3.05, 3.63) is 59.0 Å². The Morgan fingerprint density at radius 3 is 2.75 bits per heavy atom. The summed E-state index contributed by atoms with van der Waals surface area (Å²) in [7, 11) is 3.06. The van der Waals surface area contributed by atoms with Crippen LogP contribution < -0.4 is 24.9 Å². The van der Waals surface area contributed by atoms with Crippen LogP contribution in [0.5, 0.6) is 11.5 Å². The molecule has 28 heavy (non-hydrogen) atoms. The number of benzene rings is 2. The van der Waals surface area contributed by atoms with Gasteiger partial charge in [0.15, 0.2) is 18.0 Å². The van der Waals surface area contributed by atoms with Crippen LogP contribution in [-0.4, -0.2) is 35.0 Å². The molecule has 4 aromatic rings. The van der Waals surface area contributed by atoms with Crippen molar-refractivity contribution in [2.45, 2.75) is 6.54 Å². The van der Waals surface area contributed by atoms with E-state index in [1.54, 1.807) is 34.8 Å². The van der Waals surface area contributed by atoms with Crippen LogP contribution in [0.15, 0.2) is 53.5 Å². The highest BCUT2D eigenvalue weighted by atomic mass is 16.5. The van der Waals surface area contributed by atoms with Crippen molar-refractivity contribution in [1.29, 1.82) is 0 Å². The largest absolute Gasteiger partial charge is 0.493 e. The van der Waals surface area contributed by atoms with E-state index in [0.29, 0.717) is 33.7 Å². The molecular formula is C19H18N5O4+. The number of fused-ring (bicyclic) bond motifs is 3. The fraction of sp³-hybridized carbons (Fsp3) is 0.158. The van der Waals surface area contributed by atoms with Gasteiger partial charge >= 0.3 is 5.56 Å². The molecule has 9 heteroatoms. The Balaban J connectivity index is 1.68. The van der Waals surface area contributed by atoms with E-state index in [2.05, 4.69) is 15.6 Å². The van der Waals surface area contributed by atoms with Crippen LogP contribution >= 0.6 is 0 Å². The molecule has 142 valence electrons. The Morgan fingerprint density at radius 2 is 1.96 bits per heavy atom. The number of hydrogen-bond acceptors (Lipinski definition) is 5. The topological polar surface area (TPSA) is 102 Å². The van der Waals surface area contributed by atoms with Crippen LogP contribution in [0.2, 0.25) is 0 Å². The third kappa shape index (κ3) is 2.92. The zero-order chi connectivity index (χ0) is 19.7. The molecule has 0 aliphatic carbocycles. The number of carbonyl (C=O) groups excluding carboxylic acids is 1. The number of rotatable bonds is 5. The van der Waals surface area contributed by atoms with Gasteiger partial charge in [-0.3, -0.25) is 9.59 Å². The van der Waals surface area contributed by atoms with Gasteiger partial charge in [-0.05, 0) is 29.4 Å². The van der Waals surface area contributed by atoms with E-state index in [1.807, 2.05) is 12.1 Å². The minimum absolute atomic E-state index is 0.166. The first-order valence-corrected chi connectivity index (χ1v) is 8.51. The molecule has 0 fully saturated rings. The Hall–Kier alpha value is -3.88. The van der Waals surface area contributed by atoms with Gasteiger partial charge in [-0.15, -0.1) is 9.73 Å². The Bertz CT molecular complexity index is 1240. The Morgan fingerprint density at radius 1 is 1.18 bits per heavy atom. The molecule has 0 spiro atoms. The monoisotopic (exact) mass is 380 g/mol. The van der Waals surface area contributed by atoms with Gasteiger partial charge in [0, 0.05) is 11.8 Å². The molecule has 2 heterocycles. The van der Waals surface area contributed by atoms with Gasteiger partial charge in [0.05, 0.1) is 19.6 Å². The number of amides is 1. The molecule has 0 unspecified atom stereocenters. The van der Waals surface area contributed by atoms with Crippen LogP contribution in [-0.2, 0) is 11.3 Å². The van der Waals surface area contributed by atoms with Crippen molar-refractivity contribution in [3.8, 4) is 11.5 Å². The Labute approximate surface area is 159 Å². The second-order valence-electron chi connectivity index (χ2n) is 6.08. The molecule has 0 aliphatic rings. The zero-order valence-electron chi connectivity index (χ0n) is 15.3. The van der Waals surface area contributed by atoms with E-state index in [4.69, 9.17) is 9.47 Å². The lowest BCUT2D eigenvalue weighted by molar-refractivity contribution is -0.557. The minimum atomic E-state index is -0.354. The number of nitrogens with one attached hydrogen (secondary N) is 2. The van der Waals surface area contributed by atoms with E-state index < -0.39 is 0 Å². The number of para-hydroxylation sites is 1. The van der Waals surface area contributed by atoms with Crippen molar-refractivity contribution >= 4 is 28.1 Å². The average molecular weight is 380 g/mol. The standard InChI is InChI=1S/C19H17N5O4/c1-27-15-8-7-12(9-16(15)28-2)21-17(25)11-23-18-10-20-22-24(18)14-6-4-3-5-13(14)19(23)26/h3-10H,11H2,1-2H3,(H,21,25)/p+1. The van der Waals surface area contributed by atoms with E-state index in [0.717, 1.165) is 0 Å². The Kier molecular flexibility index (Phi) is 4.40. The molecule has 0 saturated carbocycles. The van der Waals surface area contributed by atoms with E-state index >= 15 is 0 Å². The van der Waals surface area contributed by atoms with Crippen molar-refractivity contribution in [2.75, 3.05) is 19.5 Å². The van der Waals surface area contributed by atoms with Gasteiger partial charge in [-0.2, -0.15) is 0 Å². The van der Waals surface area contributed by atoms with Gasteiger partial charge in [0.2, 0.25) is 6.20 Å². The minimum Gasteiger partial charge on any atom is -0.493 e. The van der Waals surface area contributed by atoms with Gasteiger partial charge in [-0.1, -0.05) is 12.1 Å². The average Bonchev–Trinajstić information content (AvgIpc) is 3.21. The number of hydrogen-bond donors (Lipinski definition) is 2. The third-order valence-corrected chi connectivity index (χ3v) is 4.43. The quantitative estimate of drug-likeness (QED) is 0.505. The normalized spacial score (nSPS) is 10.9. The number of H-pyrrole nitrogens is 1. The van der Waals surface area contributed by atoms with Crippen molar-refractivity contribution in [1.82, 2.24) is 14.9 Å². The highest BCUT2D eigenvalue weighted by molar-refractivity contribution is 5.91. The molecule has 0 saturated heterocycles. The second kappa shape index (κ2) is 7.03. The lowest BCUT2D eigenvalue weighted by Gasteiger charge is -2.10. The van der Waals surface area contributed by atoms with Crippen LogP contribution in [0.3, 0.4) is 0 Å². The van der Waals surface area contributed by atoms with E-state index in [-0.39, 0.29) is 18.0 Å². The summed E-state index contributed by atoms with van der Waals surface area (Å²) in [5, 5.41) is 10.1. The molecule has 0 radical (unpaired) electrons. The fourth-order valence-corrected chi connectivity index (χ4v) is 3.13. The summed E-state index contributed by atoms with van der Waals surface area (Å²) in [5.41, 5.74) is 1.45. The van der Waals surface area contributed by atoms with E-state index in [9.17, 15) is 9.59 Å². The summed E-state index contributed by atoms with van der Waals surface area (Å²) in [6, 6.07) is 12.2. The molecule has 1 amide bonds. The fourth-order valence-electron chi connectivity index (χ4n) is 3.13. The predicted octanol–water partition coefficient (Wildman–Crippen LogP) is 1.12. The highest BCUT2D eigenvalue weighted by Crippen LogP contribution is 2.29. The van der Waals surface area contributed by atoms with Crippen molar-refractivity contribution in [2.24, 2.45) is 0 Å². The first kappa shape index (κ1) is 17.5. The maximum Gasteiger partial charge on any atom is 0.318 e. The third-order valence-electron chi connectivity index (χ3n) is 4.43. The summed E-state index contributed by atoms with van der Waals surface area (Å²) in [6.45, 7) is -0.166. The molecule has 4 rings (SSSR count). The lowest BCUT2D eigenvalue weighted by Crippen LogP contribution is -2.37.